The number of anilines is 1. The van der Waals surface area contributed by atoms with Crippen LogP contribution in [0.2, 0.25) is 0 Å². The zero-order valence-corrected chi connectivity index (χ0v) is 16.7. The largest absolute Gasteiger partial charge is 0.508 e. The Morgan fingerprint density at radius 2 is 1.90 bits per heavy atom. The van der Waals surface area contributed by atoms with Gasteiger partial charge in [-0.3, -0.25) is 4.79 Å². The second kappa shape index (κ2) is 6.60. The number of hydrogen-bond donors (Lipinski definition) is 3. The van der Waals surface area contributed by atoms with E-state index in [0.29, 0.717) is 23.4 Å². The highest BCUT2D eigenvalue weighted by Gasteiger charge is 2.31. The summed E-state index contributed by atoms with van der Waals surface area (Å²) in [6.07, 6.45) is 3.18. The van der Waals surface area contributed by atoms with Gasteiger partial charge in [0.05, 0.1) is 11.2 Å². The summed E-state index contributed by atoms with van der Waals surface area (Å²) in [6.45, 7) is 0.497. The SMILES string of the molecule is O=c1c(C2=NS(=O)(=O)c3cc(O)ccc3N2)c(O)c2ccccc2n1CC1CCC1. The molecule has 3 aromatic rings. The zero-order chi connectivity index (χ0) is 21.0. The number of amidine groups is 1. The van der Waals surface area contributed by atoms with Gasteiger partial charge in [-0.15, -0.1) is 4.40 Å². The third-order valence-electron chi connectivity index (χ3n) is 5.76. The first-order chi connectivity index (χ1) is 14.3. The topological polar surface area (TPSA) is 121 Å². The van der Waals surface area contributed by atoms with Crippen molar-refractivity contribution in [3.8, 4) is 11.5 Å². The normalized spacial score (nSPS) is 17.7. The van der Waals surface area contributed by atoms with E-state index in [0.717, 1.165) is 25.3 Å². The van der Waals surface area contributed by atoms with Crippen molar-refractivity contribution in [2.75, 3.05) is 5.32 Å². The van der Waals surface area contributed by atoms with Gasteiger partial charge in [-0.2, -0.15) is 8.42 Å². The van der Waals surface area contributed by atoms with Crippen LogP contribution in [0.15, 0.2) is 56.6 Å². The van der Waals surface area contributed by atoms with Crippen LogP contribution < -0.4 is 10.9 Å². The van der Waals surface area contributed by atoms with Crippen molar-refractivity contribution in [3.63, 3.8) is 0 Å². The van der Waals surface area contributed by atoms with Crippen LogP contribution in [0.4, 0.5) is 5.69 Å². The molecule has 0 bridgehead atoms. The molecule has 0 radical (unpaired) electrons. The Hall–Kier alpha value is -3.33. The third kappa shape index (κ3) is 2.85. The van der Waals surface area contributed by atoms with Crippen LogP contribution in [0.5, 0.6) is 11.5 Å². The fourth-order valence-corrected chi connectivity index (χ4v) is 5.12. The lowest BCUT2D eigenvalue weighted by molar-refractivity contribution is 0.277. The number of aromatic hydroxyl groups is 2. The minimum atomic E-state index is -4.17. The van der Waals surface area contributed by atoms with Crippen molar-refractivity contribution >= 4 is 32.4 Å². The van der Waals surface area contributed by atoms with Gasteiger partial charge in [-0.1, -0.05) is 18.6 Å². The maximum Gasteiger partial charge on any atom is 0.286 e. The molecule has 154 valence electrons. The first-order valence-corrected chi connectivity index (χ1v) is 11.1. The van der Waals surface area contributed by atoms with Gasteiger partial charge < -0.3 is 20.1 Å². The van der Waals surface area contributed by atoms with Gasteiger partial charge in [-0.25, -0.2) is 0 Å². The van der Waals surface area contributed by atoms with Gasteiger partial charge in [0.1, 0.15) is 22.0 Å². The molecule has 0 saturated heterocycles. The molecule has 1 fully saturated rings. The molecule has 1 aliphatic heterocycles. The maximum absolute atomic E-state index is 13.4. The molecule has 0 unspecified atom stereocenters. The number of fused-ring (bicyclic) bond motifs is 2. The lowest BCUT2D eigenvalue weighted by Crippen LogP contribution is -2.34. The highest BCUT2D eigenvalue weighted by atomic mass is 32.2. The Morgan fingerprint density at radius 3 is 2.63 bits per heavy atom. The van der Waals surface area contributed by atoms with Crippen LogP contribution in [0.3, 0.4) is 0 Å². The van der Waals surface area contributed by atoms with E-state index in [1.54, 1.807) is 28.8 Å². The Balaban J connectivity index is 1.74. The number of nitrogens with one attached hydrogen (secondary N) is 1. The molecule has 2 aromatic carbocycles. The first-order valence-electron chi connectivity index (χ1n) is 9.65. The highest BCUT2D eigenvalue weighted by Crippen LogP contribution is 2.35. The second-order valence-corrected chi connectivity index (χ2v) is 9.25. The van der Waals surface area contributed by atoms with E-state index >= 15 is 0 Å². The third-order valence-corrected chi connectivity index (χ3v) is 7.07. The number of nitrogens with zero attached hydrogens (tertiary/aromatic N) is 2. The van der Waals surface area contributed by atoms with Gasteiger partial charge in [0, 0.05) is 18.0 Å². The zero-order valence-electron chi connectivity index (χ0n) is 15.9. The molecule has 3 N–H and O–H groups in total. The van der Waals surface area contributed by atoms with E-state index in [1.807, 2.05) is 0 Å². The Morgan fingerprint density at radius 1 is 1.13 bits per heavy atom. The Labute approximate surface area is 172 Å². The number of benzene rings is 2. The van der Waals surface area contributed by atoms with Gasteiger partial charge >= 0.3 is 0 Å². The molecule has 5 rings (SSSR count). The molecule has 8 nitrogen and oxygen atoms in total. The van der Waals surface area contributed by atoms with Crippen molar-refractivity contribution in [2.45, 2.75) is 30.7 Å². The molecular formula is C21H19N3O5S. The number of para-hydroxylation sites is 1. The Bertz CT molecular complexity index is 1390. The highest BCUT2D eigenvalue weighted by molar-refractivity contribution is 7.90. The van der Waals surface area contributed by atoms with Gasteiger partial charge in [-0.05, 0) is 43.0 Å². The van der Waals surface area contributed by atoms with Crippen molar-refractivity contribution in [1.82, 2.24) is 4.57 Å². The minimum absolute atomic E-state index is 0.176. The second-order valence-electron chi connectivity index (χ2n) is 7.67. The van der Waals surface area contributed by atoms with Gasteiger partial charge in [0.15, 0.2) is 5.84 Å². The molecule has 30 heavy (non-hydrogen) atoms. The average molecular weight is 425 g/mol. The molecule has 0 atom stereocenters. The number of phenols is 1. The van der Waals surface area contributed by atoms with Crippen LogP contribution in [-0.2, 0) is 16.6 Å². The predicted octanol–water partition coefficient (Wildman–Crippen LogP) is 2.77. The van der Waals surface area contributed by atoms with E-state index in [-0.39, 0.29) is 33.5 Å². The molecule has 0 spiro atoms. The summed E-state index contributed by atoms with van der Waals surface area (Å²) in [4.78, 5) is 13.2. The van der Waals surface area contributed by atoms with E-state index in [2.05, 4.69) is 9.71 Å². The van der Waals surface area contributed by atoms with Crippen molar-refractivity contribution in [3.05, 3.63) is 58.4 Å². The fourth-order valence-electron chi connectivity index (χ4n) is 3.97. The number of rotatable bonds is 3. The lowest BCUT2D eigenvalue weighted by atomic mass is 9.85. The molecule has 1 aromatic heterocycles. The van der Waals surface area contributed by atoms with Crippen LogP contribution >= 0.6 is 0 Å². The van der Waals surface area contributed by atoms with Crippen LogP contribution in [0, 0.1) is 5.92 Å². The molecule has 2 heterocycles. The monoisotopic (exact) mass is 425 g/mol. The van der Waals surface area contributed by atoms with Gasteiger partial charge in [0.25, 0.3) is 15.6 Å². The number of sulfonamides is 1. The quantitative estimate of drug-likeness (QED) is 0.555. The summed E-state index contributed by atoms with van der Waals surface area (Å²) < 4.78 is 30.7. The van der Waals surface area contributed by atoms with Gasteiger partial charge in [0.2, 0.25) is 0 Å². The van der Waals surface area contributed by atoms with Crippen LogP contribution in [0.1, 0.15) is 24.8 Å². The summed E-state index contributed by atoms with van der Waals surface area (Å²) in [6, 6.07) is 10.8. The number of aromatic nitrogens is 1. The molecule has 1 aliphatic carbocycles. The van der Waals surface area contributed by atoms with Crippen LogP contribution in [-0.4, -0.2) is 29.0 Å². The van der Waals surface area contributed by atoms with Crippen LogP contribution in [0.25, 0.3) is 10.9 Å². The van der Waals surface area contributed by atoms with E-state index in [4.69, 9.17) is 0 Å². The van der Waals surface area contributed by atoms with E-state index in [1.165, 1.54) is 12.1 Å². The summed E-state index contributed by atoms with van der Waals surface area (Å²) >= 11 is 0. The number of hydrogen-bond acceptors (Lipinski definition) is 6. The summed E-state index contributed by atoms with van der Waals surface area (Å²) in [5.41, 5.74) is 0.0904. The van der Waals surface area contributed by atoms with Crippen molar-refractivity contribution in [1.29, 1.82) is 0 Å². The molecule has 2 aliphatic rings. The molecular weight excluding hydrogens is 406 g/mol. The van der Waals surface area contributed by atoms with Crippen molar-refractivity contribution in [2.24, 2.45) is 10.3 Å². The molecule has 1 saturated carbocycles. The van der Waals surface area contributed by atoms with E-state index in [9.17, 15) is 23.4 Å². The lowest BCUT2D eigenvalue weighted by Gasteiger charge is -2.27. The fraction of sp³-hybridized carbons (Fsp3) is 0.238. The maximum atomic E-state index is 13.4. The number of pyridine rings is 1. The standard InChI is InChI=1S/C21H19N3O5S/c25-13-8-9-15-17(10-13)30(28,29)23-20(22-15)18-19(26)14-6-1-2-7-16(14)24(21(18)27)11-12-4-3-5-12/h1-2,6-10,12,25-26H,3-5,11H2,(H,22,23). The van der Waals surface area contributed by atoms with E-state index < -0.39 is 15.6 Å². The molecule has 0 amide bonds. The smallest absolute Gasteiger partial charge is 0.286 e. The first kappa shape index (κ1) is 18.7. The average Bonchev–Trinajstić information content (AvgIpc) is 2.67. The summed E-state index contributed by atoms with van der Waals surface area (Å²) in [7, 11) is -4.17. The summed E-state index contributed by atoms with van der Waals surface area (Å²) in [5, 5.41) is 23.8. The predicted molar refractivity (Wildman–Crippen MR) is 113 cm³/mol. The molecule has 9 heteroatoms. The van der Waals surface area contributed by atoms with Crippen molar-refractivity contribution < 1.29 is 18.6 Å². The minimum Gasteiger partial charge on any atom is -0.508 e. The number of phenolic OH excluding ortho intramolecular Hbond substituents is 1. The Kier molecular flexibility index (Phi) is 4.11. The summed E-state index contributed by atoms with van der Waals surface area (Å²) in [5.74, 6) is -0.390.